The van der Waals surface area contributed by atoms with Gasteiger partial charge in [0.15, 0.2) is 0 Å². The van der Waals surface area contributed by atoms with E-state index in [9.17, 15) is 9.90 Å². The number of aliphatic hydroxyl groups is 1. The highest BCUT2D eigenvalue weighted by Crippen LogP contribution is 2.41. The molecule has 0 fully saturated rings. The highest BCUT2D eigenvalue weighted by molar-refractivity contribution is 9.10. The van der Waals surface area contributed by atoms with Gasteiger partial charge in [0.2, 0.25) is 0 Å². The molecule has 3 aromatic rings. The van der Waals surface area contributed by atoms with E-state index in [-0.39, 0.29) is 17.9 Å². The summed E-state index contributed by atoms with van der Waals surface area (Å²) in [6.45, 7) is 10.2. The number of rotatable bonds is 6. The standard InChI is InChI=1S/C29H29BrN2O4S/c1-7-36-29(34)25-27(33)24(37-28(25)31-21-8-10-23(35-6)11-9-21)15-20-14-18(4)32(19(20)5)22-12-16(2)26(30)17(3)13-22/h8-15,33H,7H2,1-6H3/b24-15-,31-28?. The third-order valence-electron chi connectivity index (χ3n) is 6.11. The van der Waals surface area contributed by atoms with Crippen LogP contribution in [0.4, 0.5) is 5.69 Å². The van der Waals surface area contributed by atoms with Crippen LogP contribution in [-0.2, 0) is 9.53 Å². The Morgan fingerprint density at radius 3 is 2.35 bits per heavy atom. The van der Waals surface area contributed by atoms with Crippen molar-refractivity contribution >= 4 is 50.5 Å². The summed E-state index contributed by atoms with van der Waals surface area (Å²) < 4.78 is 13.7. The van der Waals surface area contributed by atoms with Crippen LogP contribution in [0.3, 0.4) is 0 Å². The molecule has 1 aliphatic heterocycles. The number of methoxy groups -OCH3 is 1. The molecule has 37 heavy (non-hydrogen) atoms. The van der Waals surface area contributed by atoms with Crippen LogP contribution in [-0.4, -0.2) is 34.4 Å². The van der Waals surface area contributed by atoms with Crippen molar-refractivity contribution in [2.24, 2.45) is 4.99 Å². The highest BCUT2D eigenvalue weighted by atomic mass is 79.9. The van der Waals surface area contributed by atoms with Crippen molar-refractivity contribution in [1.29, 1.82) is 0 Å². The van der Waals surface area contributed by atoms with Crippen LogP contribution < -0.4 is 4.74 Å². The van der Waals surface area contributed by atoms with Gasteiger partial charge in [0, 0.05) is 21.5 Å². The first-order valence-corrected chi connectivity index (χ1v) is 13.4. The lowest BCUT2D eigenvalue weighted by Gasteiger charge is -2.13. The predicted octanol–water partition coefficient (Wildman–Crippen LogP) is 7.68. The molecule has 0 spiro atoms. The lowest BCUT2D eigenvalue weighted by Crippen LogP contribution is -2.12. The van der Waals surface area contributed by atoms with Crippen molar-refractivity contribution in [3.63, 3.8) is 0 Å². The number of ether oxygens (including phenoxy) is 2. The SMILES string of the molecule is CCOC(=O)C1=C(O)/C(=C/c2cc(C)n(-c3cc(C)c(Br)c(C)c3)c2C)SC1=Nc1ccc(OC)cc1. The molecule has 1 N–H and O–H groups in total. The van der Waals surface area contributed by atoms with E-state index < -0.39 is 5.97 Å². The number of esters is 1. The van der Waals surface area contributed by atoms with E-state index in [1.54, 1.807) is 38.3 Å². The topological polar surface area (TPSA) is 73.0 Å². The van der Waals surface area contributed by atoms with E-state index in [0.717, 1.165) is 38.2 Å². The van der Waals surface area contributed by atoms with Gasteiger partial charge in [-0.05, 0) is 99.8 Å². The summed E-state index contributed by atoms with van der Waals surface area (Å²) in [5.74, 6) is -0.0237. The zero-order valence-electron chi connectivity index (χ0n) is 21.7. The minimum absolute atomic E-state index is 0.0712. The number of thioether (sulfide) groups is 1. The number of aliphatic imine (C=N–C) groups is 1. The van der Waals surface area contributed by atoms with E-state index in [4.69, 9.17) is 9.47 Å². The molecule has 0 saturated carbocycles. The first-order chi connectivity index (χ1) is 17.6. The van der Waals surface area contributed by atoms with Gasteiger partial charge in [-0.15, -0.1) is 0 Å². The molecule has 1 aromatic heterocycles. The second-order valence-corrected chi connectivity index (χ2v) is 10.5. The number of carbonyl (C=O) groups is 1. The maximum atomic E-state index is 12.8. The second-order valence-electron chi connectivity index (χ2n) is 8.73. The van der Waals surface area contributed by atoms with Gasteiger partial charge in [0.25, 0.3) is 0 Å². The molecule has 0 radical (unpaired) electrons. The summed E-state index contributed by atoms with van der Waals surface area (Å²) in [5, 5.41) is 11.5. The summed E-state index contributed by atoms with van der Waals surface area (Å²) in [6, 6.07) is 13.6. The first kappa shape index (κ1) is 26.8. The summed E-state index contributed by atoms with van der Waals surface area (Å²) in [7, 11) is 1.60. The molecular formula is C29H29BrN2O4S. The van der Waals surface area contributed by atoms with Gasteiger partial charge in [-0.1, -0.05) is 27.7 Å². The van der Waals surface area contributed by atoms with Crippen molar-refractivity contribution in [2.45, 2.75) is 34.6 Å². The Kier molecular flexibility index (Phi) is 7.99. The van der Waals surface area contributed by atoms with Crippen molar-refractivity contribution in [1.82, 2.24) is 4.57 Å². The number of hydrogen-bond donors (Lipinski definition) is 1. The molecule has 2 aromatic carbocycles. The molecule has 0 amide bonds. The van der Waals surface area contributed by atoms with Crippen LogP contribution in [0.1, 0.15) is 35.0 Å². The third kappa shape index (κ3) is 5.40. The first-order valence-electron chi connectivity index (χ1n) is 11.8. The number of hydrogen-bond acceptors (Lipinski definition) is 6. The smallest absolute Gasteiger partial charge is 0.344 e. The highest BCUT2D eigenvalue weighted by Gasteiger charge is 2.33. The van der Waals surface area contributed by atoms with Gasteiger partial charge in [0.1, 0.15) is 22.1 Å². The fraction of sp³-hybridized carbons (Fsp3) is 0.241. The second kappa shape index (κ2) is 11.0. The van der Waals surface area contributed by atoms with Gasteiger partial charge in [-0.3, -0.25) is 0 Å². The summed E-state index contributed by atoms with van der Waals surface area (Å²) in [6.07, 6.45) is 1.90. The average molecular weight is 582 g/mol. The van der Waals surface area contributed by atoms with Crippen LogP contribution in [0.15, 0.2) is 68.2 Å². The van der Waals surface area contributed by atoms with Crippen LogP contribution in [0.5, 0.6) is 5.75 Å². The number of carbonyl (C=O) groups excluding carboxylic acids is 1. The summed E-state index contributed by atoms with van der Waals surface area (Å²) in [4.78, 5) is 17.9. The Labute approximate surface area is 229 Å². The minimum atomic E-state index is -0.602. The maximum absolute atomic E-state index is 12.8. The molecule has 0 aliphatic carbocycles. The predicted molar refractivity (Wildman–Crippen MR) is 154 cm³/mol. The zero-order valence-corrected chi connectivity index (χ0v) is 24.1. The number of halogens is 1. The molecule has 1 aliphatic rings. The molecule has 0 unspecified atom stereocenters. The molecule has 0 saturated heterocycles. The Balaban J connectivity index is 1.77. The minimum Gasteiger partial charge on any atom is -0.506 e. The molecular weight excluding hydrogens is 552 g/mol. The number of aromatic nitrogens is 1. The van der Waals surface area contributed by atoms with Crippen molar-refractivity contribution < 1.29 is 19.4 Å². The molecule has 8 heteroatoms. The Bertz CT molecular complexity index is 1440. The van der Waals surface area contributed by atoms with Crippen LogP contribution in [0, 0.1) is 27.7 Å². The fourth-order valence-electron chi connectivity index (χ4n) is 4.29. The number of nitrogens with zero attached hydrogens (tertiary/aromatic N) is 2. The quantitative estimate of drug-likeness (QED) is 0.303. The summed E-state index contributed by atoms with van der Waals surface area (Å²) in [5.41, 5.74) is 7.14. The lowest BCUT2D eigenvalue weighted by atomic mass is 10.1. The summed E-state index contributed by atoms with van der Waals surface area (Å²) >= 11 is 4.89. The maximum Gasteiger partial charge on any atom is 0.344 e. The molecule has 0 atom stereocenters. The molecule has 6 nitrogen and oxygen atoms in total. The molecule has 192 valence electrons. The lowest BCUT2D eigenvalue weighted by molar-refractivity contribution is -0.138. The number of benzene rings is 2. The van der Waals surface area contributed by atoms with E-state index in [1.807, 2.05) is 13.0 Å². The van der Waals surface area contributed by atoms with E-state index >= 15 is 0 Å². The third-order valence-corrected chi connectivity index (χ3v) is 8.38. The molecule has 4 rings (SSSR count). The Hall–Kier alpha value is -3.23. The van der Waals surface area contributed by atoms with Gasteiger partial charge in [-0.25, -0.2) is 9.79 Å². The number of aliphatic hydroxyl groups excluding tert-OH is 1. The normalized spacial score (nSPS) is 15.6. The van der Waals surface area contributed by atoms with Crippen LogP contribution >= 0.6 is 27.7 Å². The molecule has 2 heterocycles. The van der Waals surface area contributed by atoms with Gasteiger partial charge >= 0.3 is 5.97 Å². The Morgan fingerprint density at radius 2 is 1.76 bits per heavy atom. The van der Waals surface area contributed by atoms with Gasteiger partial charge < -0.3 is 19.1 Å². The van der Waals surface area contributed by atoms with Gasteiger partial charge in [-0.2, -0.15) is 0 Å². The van der Waals surface area contributed by atoms with Crippen molar-refractivity contribution in [2.75, 3.05) is 13.7 Å². The van der Waals surface area contributed by atoms with Crippen molar-refractivity contribution in [3.05, 3.63) is 91.3 Å². The van der Waals surface area contributed by atoms with Crippen LogP contribution in [0.2, 0.25) is 0 Å². The van der Waals surface area contributed by atoms with Crippen LogP contribution in [0.25, 0.3) is 11.8 Å². The van der Waals surface area contributed by atoms with E-state index in [2.05, 4.69) is 64.5 Å². The number of aryl methyl sites for hydroxylation is 3. The van der Waals surface area contributed by atoms with E-state index in [1.165, 1.54) is 11.8 Å². The monoisotopic (exact) mass is 580 g/mol. The Morgan fingerprint density at radius 1 is 1.11 bits per heavy atom. The van der Waals surface area contributed by atoms with Crippen molar-refractivity contribution in [3.8, 4) is 11.4 Å². The van der Waals surface area contributed by atoms with E-state index in [0.29, 0.717) is 21.4 Å². The zero-order chi connectivity index (χ0) is 26.9. The fourth-order valence-corrected chi connectivity index (χ4v) is 5.55. The largest absolute Gasteiger partial charge is 0.506 e. The van der Waals surface area contributed by atoms with Gasteiger partial charge in [0.05, 0.1) is 24.3 Å². The average Bonchev–Trinajstić information content (AvgIpc) is 3.32. The molecule has 0 bridgehead atoms.